The van der Waals surface area contributed by atoms with Crippen LogP contribution in [0.25, 0.3) is 0 Å². The van der Waals surface area contributed by atoms with Gasteiger partial charge < -0.3 is 15.2 Å². The number of nitro benzene ring substituents is 1. The molecule has 7 heteroatoms. The van der Waals surface area contributed by atoms with E-state index in [0.29, 0.717) is 0 Å². The Labute approximate surface area is 110 Å². The molecule has 0 saturated carbocycles. The Hall–Kier alpha value is -2.15. The van der Waals surface area contributed by atoms with Crippen molar-refractivity contribution in [1.82, 2.24) is 5.32 Å². The number of amides is 1. The molecule has 0 aliphatic heterocycles. The lowest BCUT2D eigenvalue weighted by Crippen LogP contribution is -2.34. The first-order valence-corrected chi connectivity index (χ1v) is 5.71. The van der Waals surface area contributed by atoms with E-state index in [1.807, 2.05) is 0 Å². The molecule has 2 N–H and O–H groups in total. The number of nitro groups is 1. The number of carbonyl (C=O) groups is 1. The number of nitrogens with one attached hydrogen (secondary N) is 1. The number of nitrogens with zero attached hydrogens (tertiary/aromatic N) is 1. The number of hydrogen-bond donors (Lipinski definition) is 2. The largest absolute Gasteiger partial charge is 0.481 e. The van der Waals surface area contributed by atoms with Crippen LogP contribution in [-0.2, 0) is 4.79 Å². The molecule has 0 aliphatic rings. The predicted octanol–water partition coefficient (Wildman–Crippen LogP) is 1.16. The van der Waals surface area contributed by atoms with E-state index in [-0.39, 0.29) is 22.9 Å². The van der Waals surface area contributed by atoms with Crippen LogP contribution in [-0.4, -0.2) is 29.1 Å². The van der Waals surface area contributed by atoms with Crippen molar-refractivity contribution in [3.05, 3.63) is 33.9 Å². The molecule has 7 nitrogen and oxygen atoms in total. The minimum Gasteiger partial charge on any atom is -0.481 e. The maximum absolute atomic E-state index is 11.4. The van der Waals surface area contributed by atoms with Crippen molar-refractivity contribution >= 4 is 11.6 Å². The van der Waals surface area contributed by atoms with Crippen molar-refractivity contribution in [2.75, 3.05) is 7.05 Å². The quantitative estimate of drug-likeness (QED) is 0.616. The van der Waals surface area contributed by atoms with Crippen molar-refractivity contribution in [3.63, 3.8) is 0 Å². The lowest BCUT2D eigenvalue weighted by molar-refractivity contribution is -0.385. The summed E-state index contributed by atoms with van der Waals surface area (Å²) in [6.07, 6.45) is -1.70. The van der Waals surface area contributed by atoms with Gasteiger partial charge in [0.1, 0.15) is 5.75 Å². The Bertz CT molecular complexity index is 487. The molecule has 1 aromatic rings. The Morgan fingerprint density at radius 1 is 1.47 bits per heavy atom. The Morgan fingerprint density at radius 3 is 2.58 bits per heavy atom. The lowest BCUT2D eigenvalue weighted by Gasteiger charge is -2.17. The lowest BCUT2D eigenvalue weighted by atomic mass is 10.1. The molecule has 0 spiro atoms. The highest BCUT2D eigenvalue weighted by atomic mass is 16.6. The standard InChI is InChI=1S/C12H16N2O5/c1-7(15)10-6-9(14(17)18)4-5-11(10)19-8(2)12(16)13-3/h4-8,15H,1-3H3,(H,13,16). The first kappa shape index (κ1) is 14.9. The van der Waals surface area contributed by atoms with E-state index in [0.717, 1.165) is 0 Å². The van der Waals surface area contributed by atoms with Gasteiger partial charge in [-0.1, -0.05) is 0 Å². The average Bonchev–Trinajstić information content (AvgIpc) is 2.37. The summed E-state index contributed by atoms with van der Waals surface area (Å²) in [5.41, 5.74) is 0.126. The van der Waals surface area contributed by atoms with E-state index in [4.69, 9.17) is 4.74 Å². The van der Waals surface area contributed by atoms with Gasteiger partial charge in [-0.3, -0.25) is 14.9 Å². The van der Waals surface area contributed by atoms with Crippen LogP contribution in [0.4, 0.5) is 5.69 Å². The topological polar surface area (TPSA) is 102 Å². The van der Waals surface area contributed by atoms with Gasteiger partial charge in [-0.15, -0.1) is 0 Å². The Kier molecular flexibility index (Phi) is 4.82. The number of likely N-dealkylation sites (N-methyl/N-ethyl adjacent to an activating group) is 1. The zero-order chi connectivity index (χ0) is 14.6. The predicted molar refractivity (Wildman–Crippen MR) is 67.9 cm³/mol. The maximum Gasteiger partial charge on any atom is 0.270 e. The summed E-state index contributed by atoms with van der Waals surface area (Å²) >= 11 is 0. The number of aliphatic hydroxyl groups excluding tert-OH is 1. The van der Waals surface area contributed by atoms with Gasteiger partial charge in [0.15, 0.2) is 6.10 Å². The first-order valence-electron chi connectivity index (χ1n) is 5.71. The summed E-state index contributed by atoms with van der Waals surface area (Å²) in [6.45, 7) is 3.02. The summed E-state index contributed by atoms with van der Waals surface area (Å²) in [6, 6.07) is 3.87. The zero-order valence-electron chi connectivity index (χ0n) is 10.9. The van der Waals surface area contributed by atoms with E-state index in [9.17, 15) is 20.0 Å². The van der Waals surface area contributed by atoms with Gasteiger partial charge in [0, 0.05) is 24.7 Å². The molecular weight excluding hydrogens is 252 g/mol. The van der Waals surface area contributed by atoms with Gasteiger partial charge in [-0.2, -0.15) is 0 Å². The van der Waals surface area contributed by atoms with Crippen LogP contribution in [0.15, 0.2) is 18.2 Å². The molecule has 0 aliphatic carbocycles. The van der Waals surface area contributed by atoms with Crippen molar-refractivity contribution < 1.29 is 19.6 Å². The fraction of sp³-hybridized carbons (Fsp3) is 0.417. The van der Waals surface area contributed by atoms with Gasteiger partial charge in [0.2, 0.25) is 0 Å². The Morgan fingerprint density at radius 2 is 2.11 bits per heavy atom. The second-order valence-electron chi connectivity index (χ2n) is 4.03. The van der Waals surface area contributed by atoms with Gasteiger partial charge >= 0.3 is 0 Å². The van der Waals surface area contributed by atoms with E-state index in [1.54, 1.807) is 6.92 Å². The smallest absolute Gasteiger partial charge is 0.270 e. The number of hydrogen-bond acceptors (Lipinski definition) is 5. The summed E-state index contributed by atoms with van der Waals surface area (Å²) in [5, 5.41) is 22.7. The third-order valence-electron chi connectivity index (χ3n) is 2.57. The van der Waals surface area contributed by atoms with E-state index in [2.05, 4.69) is 5.32 Å². The highest BCUT2D eigenvalue weighted by Gasteiger charge is 2.19. The van der Waals surface area contributed by atoms with Gasteiger partial charge in [0.25, 0.3) is 11.6 Å². The van der Waals surface area contributed by atoms with Crippen LogP contribution in [0.5, 0.6) is 5.75 Å². The fourth-order valence-electron chi connectivity index (χ4n) is 1.53. The van der Waals surface area contributed by atoms with E-state index < -0.39 is 17.1 Å². The molecule has 2 atom stereocenters. The van der Waals surface area contributed by atoms with Crippen molar-refractivity contribution in [2.24, 2.45) is 0 Å². The summed E-state index contributed by atoms with van der Waals surface area (Å²) in [5.74, 6) is -0.0772. The summed E-state index contributed by atoms with van der Waals surface area (Å²) < 4.78 is 5.40. The Balaban J connectivity index is 3.07. The van der Waals surface area contributed by atoms with Crippen LogP contribution in [0.3, 0.4) is 0 Å². The SMILES string of the molecule is CNC(=O)C(C)Oc1ccc([N+](=O)[O-])cc1C(C)O. The molecule has 0 heterocycles. The number of aliphatic hydroxyl groups is 1. The average molecular weight is 268 g/mol. The summed E-state index contributed by atoms with van der Waals surface area (Å²) in [7, 11) is 1.48. The summed E-state index contributed by atoms with van der Waals surface area (Å²) in [4.78, 5) is 21.5. The van der Waals surface area contributed by atoms with Crippen LogP contribution in [0, 0.1) is 10.1 Å². The van der Waals surface area contributed by atoms with E-state index in [1.165, 1.54) is 32.2 Å². The van der Waals surface area contributed by atoms with Crippen LogP contribution in [0.1, 0.15) is 25.5 Å². The number of ether oxygens (including phenoxy) is 1. The van der Waals surface area contributed by atoms with Crippen molar-refractivity contribution in [2.45, 2.75) is 26.1 Å². The highest BCUT2D eigenvalue weighted by molar-refractivity contribution is 5.80. The molecule has 1 aromatic carbocycles. The number of rotatable bonds is 5. The normalized spacial score (nSPS) is 13.5. The van der Waals surface area contributed by atoms with Crippen molar-refractivity contribution in [1.29, 1.82) is 0 Å². The molecule has 1 amide bonds. The second-order valence-corrected chi connectivity index (χ2v) is 4.03. The molecule has 0 aromatic heterocycles. The molecule has 2 unspecified atom stereocenters. The third kappa shape index (κ3) is 3.65. The molecule has 0 bridgehead atoms. The first-order chi connectivity index (χ1) is 8.86. The molecule has 0 fully saturated rings. The molecule has 19 heavy (non-hydrogen) atoms. The van der Waals surface area contributed by atoms with Crippen LogP contribution >= 0.6 is 0 Å². The van der Waals surface area contributed by atoms with Gasteiger partial charge in [-0.25, -0.2) is 0 Å². The fourth-order valence-corrected chi connectivity index (χ4v) is 1.53. The van der Waals surface area contributed by atoms with Gasteiger partial charge in [-0.05, 0) is 19.9 Å². The molecule has 0 radical (unpaired) electrons. The molecule has 104 valence electrons. The third-order valence-corrected chi connectivity index (χ3v) is 2.57. The van der Waals surface area contributed by atoms with E-state index >= 15 is 0 Å². The number of benzene rings is 1. The maximum atomic E-state index is 11.4. The monoisotopic (exact) mass is 268 g/mol. The minimum atomic E-state index is -0.938. The molecule has 0 saturated heterocycles. The van der Waals surface area contributed by atoms with Gasteiger partial charge in [0.05, 0.1) is 11.0 Å². The number of non-ortho nitro benzene ring substituents is 1. The minimum absolute atomic E-state index is 0.143. The number of carbonyl (C=O) groups excluding carboxylic acids is 1. The van der Waals surface area contributed by atoms with Crippen LogP contribution in [0.2, 0.25) is 0 Å². The van der Waals surface area contributed by atoms with Crippen LogP contribution < -0.4 is 10.1 Å². The molecule has 1 rings (SSSR count). The van der Waals surface area contributed by atoms with Crippen molar-refractivity contribution in [3.8, 4) is 5.75 Å². The second kappa shape index (κ2) is 6.14. The molecular formula is C12H16N2O5. The highest BCUT2D eigenvalue weighted by Crippen LogP contribution is 2.29. The zero-order valence-corrected chi connectivity index (χ0v) is 10.9.